The summed E-state index contributed by atoms with van der Waals surface area (Å²) in [5, 5.41) is 0. The van der Waals surface area contributed by atoms with Crippen LogP contribution in [0.1, 0.15) is 26.3 Å². The Bertz CT molecular complexity index is 333. The molecule has 0 aliphatic carbocycles. The molecular formula is C14H21NO. The summed E-state index contributed by atoms with van der Waals surface area (Å²) in [4.78, 5) is 0. The predicted molar refractivity (Wildman–Crippen MR) is 68.8 cm³/mol. The lowest BCUT2D eigenvalue weighted by molar-refractivity contribution is 0.362. The lowest BCUT2D eigenvalue weighted by atomic mass is 9.87. The molecule has 0 fully saturated rings. The second kappa shape index (κ2) is 5.71. The molecule has 0 saturated heterocycles. The van der Waals surface area contributed by atoms with Crippen LogP contribution in [-0.2, 0) is 5.41 Å². The van der Waals surface area contributed by atoms with Crippen LogP contribution >= 0.6 is 0 Å². The Morgan fingerprint density at radius 3 is 2.25 bits per heavy atom. The zero-order valence-corrected chi connectivity index (χ0v) is 10.4. The Labute approximate surface area is 98.1 Å². The van der Waals surface area contributed by atoms with E-state index in [0.717, 1.165) is 5.75 Å². The quantitative estimate of drug-likeness (QED) is 0.790. The first-order valence-electron chi connectivity index (χ1n) is 5.62. The summed E-state index contributed by atoms with van der Waals surface area (Å²) in [7, 11) is 0. The molecule has 0 aliphatic heterocycles. The van der Waals surface area contributed by atoms with Crippen molar-refractivity contribution in [3.63, 3.8) is 0 Å². The van der Waals surface area contributed by atoms with Gasteiger partial charge in [-0.1, -0.05) is 45.1 Å². The molecule has 88 valence electrons. The van der Waals surface area contributed by atoms with E-state index in [2.05, 4.69) is 32.9 Å². The van der Waals surface area contributed by atoms with Crippen LogP contribution in [0.5, 0.6) is 5.75 Å². The van der Waals surface area contributed by atoms with Gasteiger partial charge in [-0.05, 0) is 23.1 Å². The summed E-state index contributed by atoms with van der Waals surface area (Å²) in [6.45, 7) is 7.74. The highest BCUT2D eigenvalue weighted by Gasteiger charge is 2.12. The zero-order chi connectivity index (χ0) is 12.0. The van der Waals surface area contributed by atoms with Gasteiger partial charge in [0.15, 0.2) is 0 Å². The third-order valence-corrected chi connectivity index (χ3v) is 2.37. The molecule has 0 aromatic heterocycles. The molecule has 0 radical (unpaired) electrons. The molecule has 2 heteroatoms. The van der Waals surface area contributed by atoms with E-state index >= 15 is 0 Å². The molecule has 16 heavy (non-hydrogen) atoms. The topological polar surface area (TPSA) is 35.2 Å². The summed E-state index contributed by atoms with van der Waals surface area (Å²) in [5.74, 6) is 0.898. The van der Waals surface area contributed by atoms with E-state index in [1.807, 2.05) is 24.3 Å². The average molecular weight is 219 g/mol. The van der Waals surface area contributed by atoms with Crippen molar-refractivity contribution in [2.45, 2.75) is 26.2 Å². The molecule has 0 bridgehead atoms. The maximum Gasteiger partial charge on any atom is 0.119 e. The van der Waals surface area contributed by atoms with E-state index in [1.54, 1.807) is 0 Å². The molecule has 0 aliphatic rings. The summed E-state index contributed by atoms with van der Waals surface area (Å²) in [6.07, 6.45) is 3.82. The minimum absolute atomic E-state index is 0.192. The second-order valence-corrected chi connectivity index (χ2v) is 4.79. The maximum absolute atomic E-state index is 5.53. The molecular weight excluding hydrogens is 198 g/mol. The normalized spacial score (nSPS) is 12.0. The van der Waals surface area contributed by atoms with E-state index in [4.69, 9.17) is 10.5 Å². The highest BCUT2D eigenvalue weighted by atomic mass is 16.5. The standard InChI is InChI=1S/C14H21NO/c1-14(2,3)12-6-8-13(9-7-12)16-11-5-4-10-15/h4-9H,10-11,15H2,1-3H3. The van der Waals surface area contributed by atoms with Gasteiger partial charge in [0.05, 0.1) is 0 Å². The van der Waals surface area contributed by atoms with Crippen LogP contribution < -0.4 is 10.5 Å². The number of nitrogens with two attached hydrogens (primary N) is 1. The van der Waals surface area contributed by atoms with Crippen LogP contribution in [0, 0.1) is 0 Å². The Kier molecular flexibility index (Phi) is 4.56. The van der Waals surface area contributed by atoms with Gasteiger partial charge in [-0.3, -0.25) is 0 Å². The number of rotatable bonds is 4. The Hall–Kier alpha value is -1.28. The maximum atomic E-state index is 5.53. The van der Waals surface area contributed by atoms with Crippen LogP contribution in [-0.4, -0.2) is 13.2 Å². The molecule has 2 nitrogen and oxygen atoms in total. The lowest BCUT2D eigenvalue weighted by Crippen LogP contribution is -2.10. The van der Waals surface area contributed by atoms with E-state index in [1.165, 1.54) is 5.56 Å². The summed E-state index contributed by atoms with van der Waals surface area (Å²) >= 11 is 0. The number of hydrogen-bond donors (Lipinski definition) is 1. The molecule has 0 amide bonds. The molecule has 0 saturated carbocycles. The van der Waals surface area contributed by atoms with Crippen LogP contribution in [0.15, 0.2) is 36.4 Å². The van der Waals surface area contributed by atoms with Gasteiger partial charge in [-0.25, -0.2) is 0 Å². The van der Waals surface area contributed by atoms with Gasteiger partial charge >= 0.3 is 0 Å². The van der Waals surface area contributed by atoms with E-state index in [0.29, 0.717) is 13.2 Å². The third-order valence-electron chi connectivity index (χ3n) is 2.37. The van der Waals surface area contributed by atoms with E-state index in [9.17, 15) is 0 Å². The molecule has 0 spiro atoms. The molecule has 1 rings (SSSR count). The van der Waals surface area contributed by atoms with Crippen LogP contribution in [0.3, 0.4) is 0 Å². The zero-order valence-electron chi connectivity index (χ0n) is 10.4. The Balaban J connectivity index is 2.55. The average Bonchev–Trinajstić information content (AvgIpc) is 2.24. The highest BCUT2D eigenvalue weighted by molar-refractivity contribution is 5.31. The molecule has 1 aromatic rings. The van der Waals surface area contributed by atoms with E-state index in [-0.39, 0.29) is 5.41 Å². The van der Waals surface area contributed by atoms with Gasteiger partial charge in [-0.15, -0.1) is 0 Å². The van der Waals surface area contributed by atoms with Gasteiger partial charge in [0.25, 0.3) is 0 Å². The first kappa shape index (κ1) is 12.8. The van der Waals surface area contributed by atoms with Crippen molar-refractivity contribution in [1.29, 1.82) is 0 Å². The third kappa shape index (κ3) is 4.07. The van der Waals surface area contributed by atoms with Gasteiger partial charge < -0.3 is 10.5 Å². The molecule has 0 heterocycles. The number of ether oxygens (including phenoxy) is 1. The van der Waals surface area contributed by atoms with Gasteiger partial charge in [0, 0.05) is 6.54 Å². The van der Waals surface area contributed by atoms with Crippen LogP contribution in [0.25, 0.3) is 0 Å². The van der Waals surface area contributed by atoms with Gasteiger partial charge in [0.1, 0.15) is 12.4 Å². The van der Waals surface area contributed by atoms with Gasteiger partial charge in [0.2, 0.25) is 0 Å². The fourth-order valence-electron chi connectivity index (χ4n) is 1.36. The fourth-order valence-corrected chi connectivity index (χ4v) is 1.36. The van der Waals surface area contributed by atoms with Crippen LogP contribution in [0.2, 0.25) is 0 Å². The van der Waals surface area contributed by atoms with E-state index < -0.39 is 0 Å². The lowest BCUT2D eigenvalue weighted by Gasteiger charge is -2.19. The Morgan fingerprint density at radius 2 is 1.75 bits per heavy atom. The molecule has 2 N–H and O–H groups in total. The van der Waals surface area contributed by atoms with Crippen molar-refractivity contribution in [3.05, 3.63) is 42.0 Å². The van der Waals surface area contributed by atoms with Crippen molar-refractivity contribution in [2.75, 3.05) is 13.2 Å². The number of hydrogen-bond acceptors (Lipinski definition) is 2. The monoisotopic (exact) mass is 219 g/mol. The smallest absolute Gasteiger partial charge is 0.119 e. The summed E-state index contributed by atoms with van der Waals surface area (Å²) in [6, 6.07) is 8.25. The molecule has 1 aromatic carbocycles. The van der Waals surface area contributed by atoms with Crippen molar-refractivity contribution >= 4 is 0 Å². The summed E-state index contributed by atoms with van der Waals surface area (Å²) in [5.41, 5.74) is 6.84. The van der Waals surface area contributed by atoms with Crippen molar-refractivity contribution in [1.82, 2.24) is 0 Å². The first-order chi connectivity index (χ1) is 7.54. The van der Waals surface area contributed by atoms with Crippen molar-refractivity contribution < 1.29 is 4.74 Å². The van der Waals surface area contributed by atoms with Crippen molar-refractivity contribution in [3.8, 4) is 5.75 Å². The second-order valence-electron chi connectivity index (χ2n) is 4.79. The Morgan fingerprint density at radius 1 is 1.12 bits per heavy atom. The fraction of sp³-hybridized carbons (Fsp3) is 0.429. The predicted octanol–water partition coefficient (Wildman–Crippen LogP) is 2.88. The minimum Gasteiger partial charge on any atom is -0.490 e. The van der Waals surface area contributed by atoms with Crippen LogP contribution in [0.4, 0.5) is 0 Å². The first-order valence-corrected chi connectivity index (χ1v) is 5.62. The highest BCUT2D eigenvalue weighted by Crippen LogP contribution is 2.24. The molecule has 0 unspecified atom stereocenters. The minimum atomic E-state index is 0.192. The number of benzene rings is 1. The molecule has 0 atom stereocenters. The van der Waals surface area contributed by atoms with Crippen molar-refractivity contribution in [2.24, 2.45) is 5.73 Å². The SMILES string of the molecule is CC(C)(C)c1ccc(OCC=CCN)cc1. The van der Waals surface area contributed by atoms with Gasteiger partial charge in [-0.2, -0.15) is 0 Å². The summed E-state index contributed by atoms with van der Waals surface area (Å²) < 4.78 is 5.53. The largest absolute Gasteiger partial charge is 0.490 e.